The molecule has 0 N–H and O–H groups in total. The monoisotopic (exact) mass is 217 g/mol. The van der Waals surface area contributed by atoms with Crippen LogP contribution >= 0.6 is 0 Å². The van der Waals surface area contributed by atoms with Crippen molar-refractivity contribution >= 4 is 5.91 Å². The van der Waals surface area contributed by atoms with Gasteiger partial charge in [-0.1, -0.05) is 20.8 Å². The van der Waals surface area contributed by atoms with Crippen molar-refractivity contribution in [1.29, 1.82) is 0 Å². The zero-order valence-corrected chi connectivity index (χ0v) is 9.75. The lowest BCUT2D eigenvalue weighted by atomic mass is 9.88. The van der Waals surface area contributed by atoms with Gasteiger partial charge in [0.1, 0.15) is 12.8 Å². The van der Waals surface area contributed by atoms with Gasteiger partial charge in [-0.2, -0.15) is 0 Å². The first-order chi connectivity index (χ1) is 7.01. The van der Waals surface area contributed by atoms with Gasteiger partial charge in [-0.05, 0) is 6.42 Å². The molecule has 0 aliphatic carbocycles. The van der Waals surface area contributed by atoms with Gasteiger partial charge in [-0.3, -0.25) is 4.79 Å². The first kappa shape index (κ1) is 12.4. The Hall–Kier alpha value is -0.640. The SMILES string of the molecule is CCC(C)(C)C(=O)N1CCOC(CF)C1. The van der Waals surface area contributed by atoms with E-state index >= 15 is 0 Å². The molecule has 88 valence electrons. The molecule has 1 fully saturated rings. The second-order valence-corrected chi connectivity index (χ2v) is 4.64. The summed E-state index contributed by atoms with van der Waals surface area (Å²) in [5.41, 5.74) is -0.349. The summed E-state index contributed by atoms with van der Waals surface area (Å²) in [6, 6.07) is 0. The Morgan fingerprint density at radius 1 is 1.60 bits per heavy atom. The summed E-state index contributed by atoms with van der Waals surface area (Å²) in [6.07, 6.45) is 0.360. The number of hydrogen-bond acceptors (Lipinski definition) is 2. The third-order valence-corrected chi connectivity index (χ3v) is 3.06. The topological polar surface area (TPSA) is 29.5 Å². The molecule has 1 atom stereocenters. The molecule has 1 amide bonds. The summed E-state index contributed by atoms with van der Waals surface area (Å²) in [6.45, 7) is 6.74. The first-order valence-corrected chi connectivity index (χ1v) is 5.48. The minimum Gasteiger partial charge on any atom is -0.372 e. The second kappa shape index (κ2) is 4.92. The predicted molar refractivity (Wildman–Crippen MR) is 56.4 cm³/mol. The molecule has 1 aliphatic rings. The number of morpholine rings is 1. The summed E-state index contributed by atoms with van der Waals surface area (Å²) in [4.78, 5) is 13.8. The number of hydrogen-bond donors (Lipinski definition) is 0. The molecule has 1 aliphatic heterocycles. The molecule has 0 aromatic carbocycles. The number of carbonyl (C=O) groups excluding carboxylic acids is 1. The van der Waals surface area contributed by atoms with E-state index in [4.69, 9.17) is 4.74 Å². The smallest absolute Gasteiger partial charge is 0.228 e. The normalized spacial score (nSPS) is 22.9. The highest BCUT2D eigenvalue weighted by molar-refractivity contribution is 5.82. The van der Waals surface area contributed by atoms with Crippen LogP contribution in [-0.4, -0.2) is 43.3 Å². The molecule has 15 heavy (non-hydrogen) atoms. The van der Waals surface area contributed by atoms with Gasteiger partial charge in [0.25, 0.3) is 0 Å². The van der Waals surface area contributed by atoms with Crippen molar-refractivity contribution in [2.75, 3.05) is 26.4 Å². The quantitative estimate of drug-likeness (QED) is 0.719. The van der Waals surface area contributed by atoms with Crippen molar-refractivity contribution in [3.8, 4) is 0 Å². The van der Waals surface area contributed by atoms with Crippen LogP contribution in [0.1, 0.15) is 27.2 Å². The summed E-state index contributed by atoms with van der Waals surface area (Å²) < 4.78 is 17.6. The fourth-order valence-electron chi connectivity index (χ4n) is 1.58. The maximum atomic E-state index is 12.4. The summed E-state index contributed by atoms with van der Waals surface area (Å²) >= 11 is 0. The van der Waals surface area contributed by atoms with Gasteiger partial charge in [-0.25, -0.2) is 4.39 Å². The van der Waals surface area contributed by atoms with E-state index in [9.17, 15) is 9.18 Å². The van der Waals surface area contributed by atoms with Gasteiger partial charge in [0, 0.05) is 18.5 Å². The molecule has 4 heteroatoms. The molecule has 0 bridgehead atoms. The van der Waals surface area contributed by atoms with Gasteiger partial charge in [-0.15, -0.1) is 0 Å². The molecule has 1 unspecified atom stereocenters. The molecular formula is C11H20FNO2. The Bertz CT molecular complexity index is 231. The number of amides is 1. The second-order valence-electron chi connectivity index (χ2n) is 4.64. The van der Waals surface area contributed by atoms with Crippen molar-refractivity contribution in [3.05, 3.63) is 0 Å². The number of halogens is 1. The van der Waals surface area contributed by atoms with Crippen molar-refractivity contribution in [1.82, 2.24) is 4.90 Å². The minimum absolute atomic E-state index is 0.103. The Morgan fingerprint density at radius 3 is 2.80 bits per heavy atom. The predicted octanol–water partition coefficient (Wildman–Crippen LogP) is 1.62. The Kier molecular flexibility index (Phi) is 4.08. The fraction of sp³-hybridized carbons (Fsp3) is 0.909. The Balaban J connectivity index is 2.60. The molecule has 0 spiro atoms. The first-order valence-electron chi connectivity index (χ1n) is 5.48. The lowest BCUT2D eigenvalue weighted by Crippen LogP contribution is -2.50. The van der Waals surface area contributed by atoms with Crippen LogP contribution in [0.2, 0.25) is 0 Å². The maximum absolute atomic E-state index is 12.4. The molecular weight excluding hydrogens is 197 g/mol. The third-order valence-electron chi connectivity index (χ3n) is 3.06. The van der Waals surface area contributed by atoms with Crippen LogP contribution in [0.15, 0.2) is 0 Å². The fourth-order valence-corrected chi connectivity index (χ4v) is 1.58. The average molecular weight is 217 g/mol. The molecule has 0 aromatic rings. The summed E-state index contributed by atoms with van der Waals surface area (Å²) in [5, 5.41) is 0. The largest absolute Gasteiger partial charge is 0.372 e. The van der Waals surface area contributed by atoms with E-state index in [1.54, 1.807) is 4.90 Å². The van der Waals surface area contributed by atoms with E-state index in [0.717, 1.165) is 6.42 Å². The molecule has 1 rings (SSSR count). The zero-order valence-electron chi connectivity index (χ0n) is 9.75. The van der Waals surface area contributed by atoms with Gasteiger partial charge in [0.05, 0.1) is 6.61 Å². The van der Waals surface area contributed by atoms with Crippen LogP contribution in [-0.2, 0) is 9.53 Å². The zero-order chi connectivity index (χ0) is 11.5. The van der Waals surface area contributed by atoms with E-state index in [1.807, 2.05) is 20.8 Å². The molecule has 3 nitrogen and oxygen atoms in total. The van der Waals surface area contributed by atoms with Gasteiger partial charge < -0.3 is 9.64 Å². The third kappa shape index (κ3) is 2.91. The van der Waals surface area contributed by atoms with Crippen molar-refractivity contribution in [2.24, 2.45) is 5.41 Å². The summed E-state index contributed by atoms with van der Waals surface area (Å²) in [5.74, 6) is 0.103. The van der Waals surface area contributed by atoms with E-state index < -0.39 is 12.8 Å². The molecule has 0 saturated carbocycles. The maximum Gasteiger partial charge on any atom is 0.228 e. The number of carbonyl (C=O) groups is 1. The number of nitrogens with zero attached hydrogens (tertiary/aromatic N) is 1. The Labute approximate surface area is 90.6 Å². The molecule has 1 saturated heterocycles. The number of rotatable bonds is 3. The van der Waals surface area contributed by atoms with Crippen molar-refractivity contribution in [3.63, 3.8) is 0 Å². The highest BCUT2D eigenvalue weighted by Gasteiger charge is 2.33. The molecule has 0 radical (unpaired) electrons. The van der Waals surface area contributed by atoms with Crippen LogP contribution in [0.3, 0.4) is 0 Å². The van der Waals surface area contributed by atoms with Crippen LogP contribution < -0.4 is 0 Å². The van der Waals surface area contributed by atoms with Gasteiger partial charge in [0.2, 0.25) is 5.91 Å². The van der Waals surface area contributed by atoms with E-state index in [2.05, 4.69) is 0 Å². The van der Waals surface area contributed by atoms with Crippen molar-refractivity contribution < 1.29 is 13.9 Å². The van der Waals surface area contributed by atoms with E-state index in [0.29, 0.717) is 19.7 Å². The van der Waals surface area contributed by atoms with Crippen LogP contribution in [0.5, 0.6) is 0 Å². The van der Waals surface area contributed by atoms with E-state index in [1.165, 1.54) is 0 Å². The minimum atomic E-state index is -0.518. The number of ether oxygens (including phenoxy) is 1. The highest BCUT2D eigenvalue weighted by atomic mass is 19.1. The highest BCUT2D eigenvalue weighted by Crippen LogP contribution is 2.24. The number of alkyl halides is 1. The standard InChI is InChI=1S/C11H20FNO2/c1-4-11(2,3)10(14)13-5-6-15-9(7-12)8-13/h9H,4-8H2,1-3H3. The van der Waals surface area contributed by atoms with Crippen LogP contribution in [0.4, 0.5) is 4.39 Å². The Morgan fingerprint density at radius 2 is 2.27 bits per heavy atom. The van der Waals surface area contributed by atoms with Crippen LogP contribution in [0.25, 0.3) is 0 Å². The lowest BCUT2D eigenvalue weighted by molar-refractivity contribution is -0.148. The van der Waals surface area contributed by atoms with Crippen LogP contribution in [0, 0.1) is 5.41 Å². The molecule has 0 aromatic heterocycles. The summed E-state index contributed by atoms with van der Waals surface area (Å²) in [7, 11) is 0. The molecule has 1 heterocycles. The van der Waals surface area contributed by atoms with Crippen molar-refractivity contribution in [2.45, 2.75) is 33.3 Å². The van der Waals surface area contributed by atoms with E-state index in [-0.39, 0.29) is 11.3 Å². The van der Waals surface area contributed by atoms with Gasteiger partial charge >= 0.3 is 0 Å². The average Bonchev–Trinajstić information content (AvgIpc) is 2.28. The van der Waals surface area contributed by atoms with Gasteiger partial charge in [0.15, 0.2) is 0 Å². The lowest BCUT2D eigenvalue weighted by Gasteiger charge is -2.36.